The molecule has 7 aromatic rings. The van der Waals surface area contributed by atoms with E-state index in [4.69, 9.17) is 14.8 Å². The zero-order valence-corrected chi connectivity index (χ0v) is 30.2. The number of benzene rings is 4. The molecule has 0 aliphatic heterocycles. The fourth-order valence-corrected chi connectivity index (χ4v) is 7.48. The molecule has 0 unspecified atom stereocenters. The fourth-order valence-electron chi connectivity index (χ4n) is 7.48. The summed E-state index contributed by atoms with van der Waals surface area (Å²) in [5.74, 6) is 2.99. The number of aryl methyl sites for hydroxylation is 5. The van der Waals surface area contributed by atoms with Gasteiger partial charge in [-0.3, -0.25) is 4.57 Å². The van der Waals surface area contributed by atoms with Crippen molar-refractivity contribution in [2.75, 3.05) is 0 Å². The molecular weight excluding hydrogens is 601 g/mol. The third-order valence-electron chi connectivity index (χ3n) is 9.58. The summed E-state index contributed by atoms with van der Waals surface area (Å²) in [7, 11) is 0. The van der Waals surface area contributed by atoms with Crippen LogP contribution in [0.4, 0.5) is 0 Å². The Bertz CT molecular complexity index is 2330. The summed E-state index contributed by atoms with van der Waals surface area (Å²) in [5, 5.41) is 7.74. The summed E-state index contributed by atoms with van der Waals surface area (Å²) in [6, 6.07) is 30.2. The molecule has 5 nitrogen and oxygen atoms in total. The predicted octanol–water partition coefficient (Wildman–Crippen LogP) is 11.9. The molecule has 3 heterocycles. The maximum Gasteiger partial charge on any atom is 0.137 e. The number of fused-ring (bicyclic) bond motifs is 3. The molecule has 0 amide bonds. The van der Waals surface area contributed by atoms with Crippen LogP contribution in [0.5, 0.6) is 11.5 Å². The molecule has 0 aliphatic carbocycles. The highest BCUT2D eigenvalue weighted by Gasteiger charge is 2.27. The maximum atomic E-state index is 6.75. The number of para-hydroxylation sites is 1. The number of nitrogens with zero attached hydrogens (tertiary/aromatic N) is 4. The Balaban J connectivity index is 1.38. The SMILES string of the molecule is CCc1cc(Oc2ccc3c4ccccc4n(-c4cc(C)ccn4)c3c2)cc(-n2nc(C(C)C)c(-c3c(C)cc(C)cc3C)c2C(C)C)c1. The van der Waals surface area contributed by atoms with E-state index in [1.54, 1.807) is 0 Å². The number of hydrogen-bond acceptors (Lipinski definition) is 3. The first-order valence-corrected chi connectivity index (χ1v) is 17.5. The van der Waals surface area contributed by atoms with Gasteiger partial charge in [0, 0.05) is 34.7 Å². The van der Waals surface area contributed by atoms with Crippen LogP contribution in [0.3, 0.4) is 0 Å². The molecule has 0 saturated carbocycles. The second kappa shape index (κ2) is 12.7. The summed E-state index contributed by atoms with van der Waals surface area (Å²) in [6.07, 6.45) is 2.76. The fraction of sp³-hybridized carbons (Fsp3) is 0.273. The molecule has 5 heteroatoms. The van der Waals surface area contributed by atoms with Crippen LogP contribution in [0, 0.1) is 27.7 Å². The van der Waals surface area contributed by atoms with E-state index in [-0.39, 0.29) is 11.8 Å². The minimum Gasteiger partial charge on any atom is -0.457 e. The highest BCUT2D eigenvalue weighted by Crippen LogP contribution is 2.42. The standard InChI is InChI=1S/C44H46N4O/c1-10-32-22-33(48-44(27(4)5)42(43(46-48)26(2)3)41-30(8)19-29(7)20-31(41)9)24-35(23-32)49-34-15-16-37-36-13-11-12-14-38(36)47(39(37)25-34)40-21-28(6)17-18-45-40/h11-27H,10H2,1-9H3. The molecule has 0 atom stereocenters. The van der Waals surface area contributed by atoms with Crippen molar-refractivity contribution in [3.63, 3.8) is 0 Å². The number of rotatable bonds is 8. The van der Waals surface area contributed by atoms with E-state index >= 15 is 0 Å². The minimum absolute atomic E-state index is 0.254. The monoisotopic (exact) mass is 646 g/mol. The Morgan fingerprint density at radius 3 is 2.10 bits per heavy atom. The summed E-state index contributed by atoms with van der Waals surface area (Å²) < 4.78 is 11.2. The van der Waals surface area contributed by atoms with E-state index in [9.17, 15) is 0 Å². The van der Waals surface area contributed by atoms with Crippen molar-refractivity contribution in [1.29, 1.82) is 0 Å². The molecule has 248 valence electrons. The molecule has 0 fully saturated rings. The quantitative estimate of drug-likeness (QED) is 0.165. The van der Waals surface area contributed by atoms with E-state index in [2.05, 4.69) is 150 Å². The summed E-state index contributed by atoms with van der Waals surface area (Å²) >= 11 is 0. The average molecular weight is 647 g/mol. The number of pyridine rings is 1. The second-order valence-electron chi connectivity index (χ2n) is 14.2. The smallest absolute Gasteiger partial charge is 0.137 e. The van der Waals surface area contributed by atoms with Crippen molar-refractivity contribution in [3.8, 4) is 34.1 Å². The maximum absolute atomic E-state index is 6.75. The van der Waals surface area contributed by atoms with Gasteiger partial charge >= 0.3 is 0 Å². The molecule has 0 spiro atoms. The number of aromatic nitrogens is 4. The van der Waals surface area contributed by atoms with Crippen molar-refractivity contribution in [2.45, 2.75) is 80.6 Å². The van der Waals surface area contributed by atoms with E-state index < -0.39 is 0 Å². The van der Waals surface area contributed by atoms with Crippen LogP contribution in [0.15, 0.2) is 91.1 Å². The van der Waals surface area contributed by atoms with Gasteiger partial charge < -0.3 is 4.74 Å². The predicted molar refractivity (Wildman–Crippen MR) is 204 cm³/mol. The number of hydrogen-bond donors (Lipinski definition) is 0. The van der Waals surface area contributed by atoms with Gasteiger partial charge in [0.2, 0.25) is 0 Å². The third kappa shape index (κ3) is 5.82. The van der Waals surface area contributed by atoms with Gasteiger partial charge in [-0.2, -0.15) is 5.10 Å². The molecular formula is C44H46N4O. The first kappa shape index (κ1) is 32.4. The van der Waals surface area contributed by atoms with E-state index in [0.717, 1.165) is 46.2 Å². The lowest BCUT2D eigenvalue weighted by Gasteiger charge is -2.18. The van der Waals surface area contributed by atoms with E-state index in [1.165, 1.54) is 55.4 Å². The van der Waals surface area contributed by atoms with Crippen molar-refractivity contribution in [2.24, 2.45) is 0 Å². The lowest BCUT2D eigenvalue weighted by atomic mass is 9.87. The van der Waals surface area contributed by atoms with Crippen molar-refractivity contribution >= 4 is 21.8 Å². The Kier molecular flexibility index (Phi) is 8.40. The zero-order chi connectivity index (χ0) is 34.6. The largest absolute Gasteiger partial charge is 0.457 e. The normalized spacial score (nSPS) is 11.8. The van der Waals surface area contributed by atoms with Gasteiger partial charge in [-0.05, 0) is 116 Å². The van der Waals surface area contributed by atoms with Crippen LogP contribution >= 0.6 is 0 Å². The highest BCUT2D eigenvalue weighted by atomic mass is 16.5. The topological polar surface area (TPSA) is 44.9 Å². The number of ether oxygens (including phenoxy) is 1. The van der Waals surface area contributed by atoms with Crippen LogP contribution in [0.2, 0.25) is 0 Å². The first-order chi connectivity index (χ1) is 23.5. The molecule has 0 saturated heterocycles. The summed E-state index contributed by atoms with van der Waals surface area (Å²) in [6.45, 7) is 20.0. The van der Waals surface area contributed by atoms with E-state index in [1.807, 2.05) is 12.3 Å². The third-order valence-corrected chi connectivity index (χ3v) is 9.58. The minimum atomic E-state index is 0.254. The Hall–Kier alpha value is -5.16. The lowest BCUT2D eigenvalue weighted by Crippen LogP contribution is -2.06. The molecule has 0 bridgehead atoms. The summed E-state index contributed by atoms with van der Waals surface area (Å²) in [4.78, 5) is 4.76. The Morgan fingerprint density at radius 2 is 1.41 bits per heavy atom. The summed E-state index contributed by atoms with van der Waals surface area (Å²) in [5.41, 5.74) is 14.4. The van der Waals surface area contributed by atoms with Crippen molar-refractivity contribution in [3.05, 3.63) is 130 Å². The zero-order valence-electron chi connectivity index (χ0n) is 30.2. The van der Waals surface area contributed by atoms with Gasteiger partial charge in [-0.15, -0.1) is 0 Å². The Labute approximate surface area is 290 Å². The van der Waals surface area contributed by atoms with Crippen LogP contribution in [0.1, 0.15) is 85.7 Å². The van der Waals surface area contributed by atoms with E-state index in [0.29, 0.717) is 0 Å². The molecule has 0 N–H and O–H groups in total. The molecule has 49 heavy (non-hydrogen) atoms. The van der Waals surface area contributed by atoms with Gasteiger partial charge in [-0.1, -0.05) is 70.5 Å². The molecule has 0 aliphatic rings. The van der Waals surface area contributed by atoms with Crippen molar-refractivity contribution < 1.29 is 4.74 Å². The van der Waals surface area contributed by atoms with Gasteiger partial charge in [-0.25, -0.2) is 9.67 Å². The van der Waals surface area contributed by atoms with Crippen LogP contribution in [-0.2, 0) is 6.42 Å². The molecule has 4 aromatic carbocycles. The molecule has 7 rings (SSSR count). The Morgan fingerprint density at radius 1 is 0.673 bits per heavy atom. The molecule has 0 radical (unpaired) electrons. The highest BCUT2D eigenvalue weighted by molar-refractivity contribution is 6.09. The van der Waals surface area contributed by atoms with Gasteiger partial charge in [0.05, 0.1) is 28.1 Å². The average Bonchev–Trinajstić information content (AvgIpc) is 3.61. The first-order valence-electron chi connectivity index (χ1n) is 17.5. The van der Waals surface area contributed by atoms with Gasteiger partial charge in [0.1, 0.15) is 17.3 Å². The molecule has 3 aromatic heterocycles. The van der Waals surface area contributed by atoms with Crippen LogP contribution < -0.4 is 4.74 Å². The van der Waals surface area contributed by atoms with Gasteiger partial charge in [0.15, 0.2) is 0 Å². The lowest BCUT2D eigenvalue weighted by molar-refractivity contribution is 0.482. The second-order valence-corrected chi connectivity index (χ2v) is 14.2. The van der Waals surface area contributed by atoms with Gasteiger partial charge in [0.25, 0.3) is 0 Å². The van der Waals surface area contributed by atoms with Crippen LogP contribution in [0.25, 0.3) is 44.4 Å². The van der Waals surface area contributed by atoms with Crippen molar-refractivity contribution in [1.82, 2.24) is 19.3 Å². The van der Waals surface area contributed by atoms with Crippen LogP contribution in [-0.4, -0.2) is 19.3 Å².